The topological polar surface area (TPSA) is 0 Å². The first kappa shape index (κ1) is 9.29. The molecule has 0 atom stereocenters. The number of hydrogen-bond acceptors (Lipinski definition) is 0. The molecule has 0 aliphatic heterocycles. The molecule has 0 aliphatic carbocycles. The molecule has 0 radical (unpaired) electrons. The summed E-state index contributed by atoms with van der Waals surface area (Å²) in [6.07, 6.45) is 0. The molecule has 0 unspecified atom stereocenters. The minimum atomic E-state index is 0.787. The van der Waals surface area contributed by atoms with Gasteiger partial charge in [-0.05, 0) is 35.7 Å². The van der Waals surface area contributed by atoms with Crippen molar-refractivity contribution in [3.05, 3.63) is 59.1 Å². The Kier molecular flexibility index (Phi) is 2.55. The van der Waals surface area contributed by atoms with Crippen molar-refractivity contribution >= 4 is 11.6 Å². The Balaban J connectivity index is 2.57. The van der Waals surface area contributed by atoms with Crippen LogP contribution in [0.15, 0.2) is 48.5 Å². The quantitative estimate of drug-likeness (QED) is 0.646. The molecule has 0 aliphatic rings. The summed E-state index contributed by atoms with van der Waals surface area (Å²) in [5.74, 6) is 0. The van der Waals surface area contributed by atoms with E-state index < -0.39 is 0 Å². The van der Waals surface area contributed by atoms with Crippen molar-refractivity contribution in [1.29, 1.82) is 0 Å². The highest BCUT2D eigenvalue weighted by Gasteiger charge is 2.01. The van der Waals surface area contributed by atoms with Crippen molar-refractivity contribution in [2.75, 3.05) is 0 Å². The second-order valence-corrected chi connectivity index (χ2v) is 3.76. The predicted molar refractivity (Wildman–Crippen MR) is 61.6 cm³/mol. The molecule has 0 nitrogen and oxygen atoms in total. The maximum Gasteiger partial charge on any atom is 0.0412 e. The van der Waals surface area contributed by atoms with Crippen LogP contribution in [0.4, 0.5) is 0 Å². The van der Waals surface area contributed by atoms with E-state index in [0.717, 1.165) is 5.02 Å². The average Bonchev–Trinajstić information content (AvgIpc) is 2.23. The summed E-state index contributed by atoms with van der Waals surface area (Å²) in [5, 5.41) is 0.787. The number of aryl methyl sites for hydroxylation is 1. The van der Waals surface area contributed by atoms with Gasteiger partial charge < -0.3 is 0 Å². The van der Waals surface area contributed by atoms with Crippen LogP contribution >= 0.6 is 11.6 Å². The highest BCUT2D eigenvalue weighted by molar-refractivity contribution is 6.30. The van der Waals surface area contributed by atoms with Crippen LogP contribution in [0.5, 0.6) is 0 Å². The Bertz CT molecular complexity index is 432. The fourth-order valence-corrected chi connectivity index (χ4v) is 1.70. The van der Waals surface area contributed by atoms with Crippen molar-refractivity contribution in [1.82, 2.24) is 0 Å². The van der Waals surface area contributed by atoms with Crippen LogP contribution in [0.25, 0.3) is 11.1 Å². The summed E-state index contributed by atoms with van der Waals surface area (Å²) in [6, 6.07) is 16.3. The first-order valence-corrected chi connectivity index (χ1v) is 4.97. The molecule has 0 aromatic heterocycles. The SMILES string of the molecule is Cc1ccc(Cl)cc1-c1ccccc1. The zero-order valence-electron chi connectivity index (χ0n) is 8.00. The lowest BCUT2D eigenvalue weighted by Gasteiger charge is -2.05. The van der Waals surface area contributed by atoms with E-state index in [9.17, 15) is 0 Å². The van der Waals surface area contributed by atoms with Gasteiger partial charge in [0.25, 0.3) is 0 Å². The molecule has 14 heavy (non-hydrogen) atoms. The molecular formula is C13H11Cl. The van der Waals surface area contributed by atoms with Crippen molar-refractivity contribution in [3.8, 4) is 11.1 Å². The van der Waals surface area contributed by atoms with E-state index in [1.165, 1.54) is 16.7 Å². The van der Waals surface area contributed by atoms with Crippen LogP contribution in [0, 0.1) is 6.92 Å². The number of benzene rings is 2. The van der Waals surface area contributed by atoms with E-state index in [4.69, 9.17) is 11.6 Å². The average molecular weight is 203 g/mol. The minimum Gasteiger partial charge on any atom is -0.0843 e. The smallest absolute Gasteiger partial charge is 0.0412 e. The summed E-state index contributed by atoms with van der Waals surface area (Å²) in [4.78, 5) is 0. The van der Waals surface area contributed by atoms with E-state index in [0.29, 0.717) is 0 Å². The second kappa shape index (κ2) is 3.85. The molecule has 0 fully saturated rings. The van der Waals surface area contributed by atoms with Crippen molar-refractivity contribution in [2.24, 2.45) is 0 Å². The lowest BCUT2D eigenvalue weighted by Crippen LogP contribution is -1.82. The molecule has 0 spiro atoms. The Morgan fingerprint density at radius 3 is 2.36 bits per heavy atom. The highest BCUT2D eigenvalue weighted by Crippen LogP contribution is 2.25. The molecule has 0 saturated carbocycles. The van der Waals surface area contributed by atoms with E-state index in [2.05, 4.69) is 19.1 Å². The van der Waals surface area contributed by atoms with Gasteiger partial charge in [0.2, 0.25) is 0 Å². The first-order chi connectivity index (χ1) is 6.77. The fourth-order valence-electron chi connectivity index (χ4n) is 1.52. The van der Waals surface area contributed by atoms with Gasteiger partial charge in [0.1, 0.15) is 0 Å². The standard InChI is InChI=1S/C13H11Cl/c1-10-7-8-12(14)9-13(10)11-5-3-2-4-6-11/h2-9H,1H3. The van der Waals surface area contributed by atoms with Crippen LogP contribution in [0.2, 0.25) is 5.02 Å². The van der Waals surface area contributed by atoms with Crippen LogP contribution in [0.1, 0.15) is 5.56 Å². The summed E-state index contributed by atoms with van der Waals surface area (Å²) in [6.45, 7) is 2.10. The molecule has 70 valence electrons. The molecule has 2 aromatic carbocycles. The highest BCUT2D eigenvalue weighted by atomic mass is 35.5. The summed E-state index contributed by atoms with van der Waals surface area (Å²) in [5.41, 5.74) is 3.67. The van der Waals surface area contributed by atoms with Gasteiger partial charge in [-0.25, -0.2) is 0 Å². The normalized spacial score (nSPS) is 10.1. The van der Waals surface area contributed by atoms with Crippen LogP contribution < -0.4 is 0 Å². The second-order valence-electron chi connectivity index (χ2n) is 3.33. The largest absolute Gasteiger partial charge is 0.0843 e. The van der Waals surface area contributed by atoms with E-state index >= 15 is 0 Å². The molecule has 1 heteroatoms. The molecule has 2 aromatic rings. The van der Waals surface area contributed by atoms with Crippen molar-refractivity contribution in [3.63, 3.8) is 0 Å². The van der Waals surface area contributed by atoms with Gasteiger partial charge in [-0.15, -0.1) is 0 Å². The molecule has 0 heterocycles. The van der Waals surface area contributed by atoms with E-state index in [1.807, 2.05) is 36.4 Å². The third kappa shape index (κ3) is 1.80. The van der Waals surface area contributed by atoms with Crippen molar-refractivity contribution < 1.29 is 0 Å². The van der Waals surface area contributed by atoms with Crippen LogP contribution in [-0.4, -0.2) is 0 Å². The number of hydrogen-bond donors (Lipinski definition) is 0. The zero-order valence-corrected chi connectivity index (χ0v) is 8.75. The summed E-state index contributed by atoms with van der Waals surface area (Å²) >= 11 is 5.97. The predicted octanol–water partition coefficient (Wildman–Crippen LogP) is 4.32. The van der Waals surface area contributed by atoms with E-state index in [1.54, 1.807) is 0 Å². The van der Waals surface area contributed by atoms with Crippen LogP contribution in [0.3, 0.4) is 0 Å². The Labute approximate surface area is 89.2 Å². The third-order valence-electron chi connectivity index (χ3n) is 2.28. The lowest BCUT2D eigenvalue weighted by molar-refractivity contribution is 1.46. The van der Waals surface area contributed by atoms with Gasteiger partial charge in [0, 0.05) is 5.02 Å². The van der Waals surface area contributed by atoms with E-state index in [-0.39, 0.29) is 0 Å². The van der Waals surface area contributed by atoms with Gasteiger partial charge >= 0.3 is 0 Å². The molecule has 0 bridgehead atoms. The van der Waals surface area contributed by atoms with Gasteiger partial charge in [-0.3, -0.25) is 0 Å². The lowest BCUT2D eigenvalue weighted by atomic mass is 10.0. The first-order valence-electron chi connectivity index (χ1n) is 4.59. The van der Waals surface area contributed by atoms with Crippen LogP contribution in [-0.2, 0) is 0 Å². The Morgan fingerprint density at radius 1 is 0.929 bits per heavy atom. The summed E-state index contributed by atoms with van der Waals surface area (Å²) in [7, 11) is 0. The number of rotatable bonds is 1. The Morgan fingerprint density at radius 2 is 1.64 bits per heavy atom. The fraction of sp³-hybridized carbons (Fsp3) is 0.0769. The Hall–Kier alpha value is -1.27. The molecule has 0 saturated heterocycles. The molecule has 0 amide bonds. The maximum atomic E-state index is 5.97. The summed E-state index contributed by atoms with van der Waals surface area (Å²) < 4.78 is 0. The molecule has 2 rings (SSSR count). The van der Waals surface area contributed by atoms with Gasteiger partial charge in [-0.2, -0.15) is 0 Å². The monoisotopic (exact) mass is 202 g/mol. The number of halogens is 1. The molecule has 0 N–H and O–H groups in total. The molecular weight excluding hydrogens is 192 g/mol. The van der Waals surface area contributed by atoms with Gasteiger partial charge in [0.05, 0.1) is 0 Å². The van der Waals surface area contributed by atoms with Crippen molar-refractivity contribution in [2.45, 2.75) is 6.92 Å². The third-order valence-corrected chi connectivity index (χ3v) is 2.52. The zero-order chi connectivity index (χ0) is 9.97. The minimum absolute atomic E-state index is 0.787. The van der Waals surface area contributed by atoms with Gasteiger partial charge in [0.15, 0.2) is 0 Å². The van der Waals surface area contributed by atoms with Gasteiger partial charge in [-0.1, -0.05) is 48.0 Å². The maximum absolute atomic E-state index is 5.97.